The van der Waals surface area contributed by atoms with Gasteiger partial charge in [0.1, 0.15) is 0 Å². The number of benzene rings is 1. The summed E-state index contributed by atoms with van der Waals surface area (Å²) in [6, 6.07) is 7.65. The molecular formula is C12H16BrNO. The summed E-state index contributed by atoms with van der Waals surface area (Å²) >= 11 is 3.40. The summed E-state index contributed by atoms with van der Waals surface area (Å²) in [5, 5.41) is 2.93. The topological polar surface area (TPSA) is 29.1 Å². The maximum Gasteiger partial charge on any atom is 0.227 e. The maximum atomic E-state index is 11.8. The molecule has 0 aliphatic heterocycles. The third kappa shape index (κ3) is 3.34. The molecule has 3 heteroatoms. The van der Waals surface area contributed by atoms with Crippen molar-refractivity contribution in [2.75, 3.05) is 5.32 Å². The molecule has 0 atom stereocenters. The standard InChI is InChI=1S/C12H16BrNO/c1-3-9(4-2)12(15)14-11-8-6-5-7-10(11)13/h5-9H,3-4H2,1-2H3,(H,14,15). The van der Waals surface area contributed by atoms with Gasteiger partial charge in [0.15, 0.2) is 0 Å². The van der Waals surface area contributed by atoms with Crippen LogP contribution in [0.15, 0.2) is 28.7 Å². The molecule has 1 rings (SSSR count). The van der Waals surface area contributed by atoms with Gasteiger partial charge in [-0.1, -0.05) is 26.0 Å². The summed E-state index contributed by atoms with van der Waals surface area (Å²) in [4.78, 5) is 11.8. The van der Waals surface area contributed by atoms with E-state index in [0.717, 1.165) is 23.0 Å². The molecule has 1 aromatic rings. The van der Waals surface area contributed by atoms with Crippen LogP contribution >= 0.6 is 15.9 Å². The molecule has 0 heterocycles. The van der Waals surface area contributed by atoms with E-state index in [2.05, 4.69) is 21.2 Å². The first-order valence-corrected chi connectivity index (χ1v) is 6.03. The van der Waals surface area contributed by atoms with Crippen LogP contribution < -0.4 is 5.32 Å². The Labute approximate surface area is 99.2 Å². The summed E-state index contributed by atoms with van der Waals surface area (Å²) < 4.78 is 0.921. The van der Waals surface area contributed by atoms with Gasteiger partial charge in [0, 0.05) is 10.4 Å². The number of para-hydroxylation sites is 1. The van der Waals surface area contributed by atoms with Crippen LogP contribution in [0.25, 0.3) is 0 Å². The number of rotatable bonds is 4. The highest BCUT2D eigenvalue weighted by Crippen LogP contribution is 2.22. The van der Waals surface area contributed by atoms with E-state index in [9.17, 15) is 4.79 Å². The molecule has 0 aromatic heterocycles. The van der Waals surface area contributed by atoms with Gasteiger partial charge in [0.2, 0.25) is 5.91 Å². The summed E-state index contributed by atoms with van der Waals surface area (Å²) in [7, 11) is 0. The van der Waals surface area contributed by atoms with Gasteiger partial charge in [-0.15, -0.1) is 0 Å². The lowest BCUT2D eigenvalue weighted by Crippen LogP contribution is -2.21. The molecule has 0 spiro atoms. The fraction of sp³-hybridized carbons (Fsp3) is 0.417. The number of hydrogen-bond acceptors (Lipinski definition) is 1. The van der Waals surface area contributed by atoms with E-state index in [1.807, 2.05) is 38.1 Å². The predicted octanol–water partition coefficient (Wildman–Crippen LogP) is 3.82. The molecule has 0 saturated heterocycles. The Hall–Kier alpha value is -0.830. The van der Waals surface area contributed by atoms with Gasteiger partial charge in [-0.3, -0.25) is 4.79 Å². The molecule has 0 unspecified atom stereocenters. The van der Waals surface area contributed by atoms with E-state index < -0.39 is 0 Å². The molecule has 1 aromatic carbocycles. The van der Waals surface area contributed by atoms with E-state index in [1.165, 1.54) is 0 Å². The summed E-state index contributed by atoms with van der Waals surface area (Å²) in [5.41, 5.74) is 0.842. The van der Waals surface area contributed by atoms with Gasteiger partial charge in [-0.2, -0.15) is 0 Å². The highest BCUT2D eigenvalue weighted by atomic mass is 79.9. The molecule has 1 N–H and O–H groups in total. The fourth-order valence-corrected chi connectivity index (χ4v) is 1.84. The zero-order valence-corrected chi connectivity index (χ0v) is 10.7. The van der Waals surface area contributed by atoms with Crippen molar-refractivity contribution in [2.45, 2.75) is 26.7 Å². The molecule has 82 valence electrons. The first-order valence-electron chi connectivity index (χ1n) is 5.24. The lowest BCUT2D eigenvalue weighted by atomic mass is 10.0. The predicted molar refractivity (Wildman–Crippen MR) is 66.8 cm³/mol. The van der Waals surface area contributed by atoms with Crippen LogP contribution in [0.3, 0.4) is 0 Å². The number of hydrogen-bond donors (Lipinski definition) is 1. The molecule has 0 bridgehead atoms. The smallest absolute Gasteiger partial charge is 0.227 e. The first-order chi connectivity index (χ1) is 7.19. The average molecular weight is 270 g/mol. The molecule has 0 fully saturated rings. The van der Waals surface area contributed by atoms with Crippen LogP contribution in [-0.4, -0.2) is 5.91 Å². The highest BCUT2D eigenvalue weighted by molar-refractivity contribution is 9.10. The van der Waals surface area contributed by atoms with E-state index in [-0.39, 0.29) is 11.8 Å². The van der Waals surface area contributed by atoms with Crippen molar-refractivity contribution in [3.8, 4) is 0 Å². The van der Waals surface area contributed by atoms with Crippen molar-refractivity contribution < 1.29 is 4.79 Å². The minimum absolute atomic E-state index is 0.104. The van der Waals surface area contributed by atoms with Crippen LogP contribution in [0, 0.1) is 5.92 Å². The molecule has 0 radical (unpaired) electrons. The first kappa shape index (κ1) is 12.2. The molecule has 0 aliphatic rings. The Balaban J connectivity index is 2.70. The van der Waals surface area contributed by atoms with E-state index in [0.29, 0.717) is 0 Å². The molecule has 0 saturated carbocycles. The molecule has 1 amide bonds. The van der Waals surface area contributed by atoms with Gasteiger partial charge >= 0.3 is 0 Å². The number of halogens is 1. The van der Waals surface area contributed by atoms with Crippen molar-refractivity contribution in [2.24, 2.45) is 5.92 Å². The second-order valence-corrected chi connectivity index (χ2v) is 4.34. The third-order valence-corrected chi connectivity index (χ3v) is 3.18. The summed E-state index contributed by atoms with van der Waals surface area (Å²) in [5.74, 6) is 0.212. The summed E-state index contributed by atoms with van der Waals surface area (Å²) in [6.07, 6.45) is 1.76. The van der Waals surface area contributed by atoms with Gasteiger partial charge in [0.05, 0.1) is 5.69 Å². The number of carbonyl (C=O) groups is 1. The van der Waals surface area contributed by atoms with Crippen molar-refractivity contribution in [3.63, 3.8) is 0 Å². The molecule has 15 heavy (non-hydrogen) atoms. The van der Waals surface area contributed by atoms with Crippen LogP contribution in [0.5, 0.6) is 0 Å². The second kappa shape index (κ2) is 5.91. The molecular weight excluding hydrogens is 254 g/mol. The average Bonchev–Trinajstić information content (AvgIpc) is 2.23. The zero-order chi connectivity index (χ0) is 11.3. The Morgan fingerprint density at radius 1 is 1.33 bits per heavy atom. The van der Waals surface area contributed by atoms with Gasteiger partial charge in [0.25, 0.3) is 0 Å². The second-order valence-electron chi connectivity index (χ2n) is 3.48. The number of carbonyl (C=O) groups excluding carboxylic acids is 1. The van der Waals surface area contributed by atoms with Crippen molar-refractivity contribution in [3.05, 3.63) is 28.7 Å². The van der Waals surface area contributed by atoms with Crippen LogP contribution in [0.4, 0.5) is 5.69 Å². The quantitative estimate of drug-likeness (QED) is 0.885. The highest BCUT2D eigenvalue weighted by Gasteiger charge is 2.14. The van der Waals surface area contributed by atoms with Crippen LogP contribution in [-0.2, 0) is 4.79 Å². The Kier molecular flexibility index (Phi) is 4.82. The van der Waals surface area contributed by atoms with E-state index >= 15 is 0 Å². The number of anilines is 1. The van der Waals surface area contributed by atoms with Crippen molar-refractivity contribution >= 4 is 27.5 Å². The molecule has 2 nitrogen and oxygen atoms in total. The molecule has 0 aliphatic carbocycles. The normalized spacial score (nSPS) is 10.4. The largest absolute Gasteiger partial charge is 0.325 e. The minimum atomic E-state index is 0.104. The van der Waals surface area contributed by atoms with Crippen molar-refractivity contribution in [1.29, 1.82) is 0 Å². The van der Waals surface area contributed by atoms with E-state index in [4.69, 9.17) is 0 Å². The zero-order valence-electron chi connectivity index (χ0n) is 9.09. The van der Waals surface area contributed by atoms with Crippen molar-refractivity contribution in [1.82, 2.24) is 0 Å². The van der Waals surface area contributed by atoms with Crippen LogP contribution in [0.2, 0.25) is 0 Å². The SMILES string of the molecule is CCC(CC)C(=O)Nc1ccccc1Br. The van der Waals surface area contributed by atoms with Gasteiger partial charge in [-0.05, 0) is 40.9 Å². The number of amides is 1. The number of nitrogens with one attached hydrogen (secondary N) is 1. The minimum Gasteiger partial charge on any atom is -0.325 e. The lowest BCUT2D eigenvalue weighted by molar-refractivity contribution is -0.120. The Morgan fingerprint density at radius 3 is 2.47 bits per heavy atom. The van der Waals surface area contributed by atoms with Crippen LogP contribution in [0.1, 0.15) is 26.7 Å². The Morgan fingerprint density at radius 2 is 1.93 bits per heavy atom. The van der Waals surface area contributed by atoms with E-state index in [1.54, 1.807) is 0 Å². The monoisotopic (exact) mass is 269 g/mol. The Bertz CT molecular complexity index is 334. The third-order valence-electron chi connectivity index (χ3n) is 2.49. The summed E-state index contributed by atoms with van der Waals surface area (Å²) in [6.45, 7) is 4.07. The fourth-order valence-electron chi connectivity index (χ4n) is 1.46. The lowest BCUT2D eigenvalue weighted by Gasteiger charge is -2.13. The maximum absolute atomic E-state index is 11.8. The van der Waals surface area contributed by atoms with Gasteiger partial charge in [-0.25, -0.2) is 0 Å². The van der Waals surface area contributed by atoms with Gasteiger partial charge < -0.3 is 5.32 Å².